The molecule has 29 heavy (non-hydrogen) atoms. The zero-order valence-corrected chi connectivity index (χ0v) is 17.0. The summed E-state index contributed by atoms with van der Waals surface area (Å²) in [7, 11) is 0. The quantitative estimate of drug-likeness (QED) is 0.460. The molecule has 5 rings (SSSR count). The number of fused-ring (bicyclic) bond motifs is 1. The first-order valence-corrected chi connectivity index (χ1v) is 11.0. The van der Waals surface area contributed by atoms with Crippen LogP contribution in [0.15, 0.2) is 52.9 Å². The molecule has 1 atom stereocenters. The molecule has 0 N–H and O–H groups in total. The predicted octanol–water partition coefficient (Wildman–Crippen LogP) is 6.64. The van der Waals surface area contributed by atoms with Crippen molar-refractivity contribution in [1.29, 1.82) is 0 Å². The molecule has 2 fully saturated rings. The van der Waals surface area contributed by atoms with E-state index < -0.39 is 0 Å². The van der Waals surface area contributed by atoms with Gasteiger partial charge in [-0.05, 0) is 49.1 Å². The standard InChI is InChI=1S/C26H28O3/c1-2-17-7-9-18(10-8-17)19-11-13-20(14-12-19)26-23(15-21-16-25(27)28-21)22-5-3-4-6-24(22)29-26/h3-6,11-14,17-18,21H,2,7-10,15-16H2,1H3. The Morgan fingerprint density at radius 1 is 0.966 bits per heavy atom. The molecule has 1 saturated carbocycles. The lowest BCUT2D eigenvalue weighted by Crippen LogP contribution is -2.34. The highest BCUT2D eigenvalue weighted by Crippen LogP contribution is 2.39. The van der Waals surface area contributed by atoms with E-state index in [1.807, 2.05) is 18.2 Å². The third-order valence-electron chi connectivity index (χ3n) is 6.89. The van der Waals surface area contributed by atoms with Gasteiger partial charge in [0.05, 0.1) is 6.42 Å². The first kappa shape index (κ1) is 18.5. The molecule has 0 spiro atoms. The van der Waals surface area contributed by atoms with Crippen LogP contribution in [0.2, 0.25) is 0 Å². The van der Waals surface area contributed by atoms with Crippen LogP contribution in [-0.2, 0) is 16.0 Å². The number of carbonyl (C=O) groups is 1. The van der Waals surface area contributed by atoms with E-state index in [-0.39, 0.29) is 12.1 Å². The Hall–Kier alpha value is -2.55. The summed E-state index contributed by atoms with van der Waals surface area (Å²) >= 11 is 0. The summed E-state index contributed by atoms with van der Waals surface area (Å²) in [5, 5.41) is 1.12. The van der Waals surface area contributed by atoms with Crippen LogP contribution in [0.3, 0.4) is 0 Å². The maximum absolute atomic E-state index is 11.2. The zero-order chi connectivity index (χ0) is 19.8. The van der Waals surface area contributed by atoms with Crippen LogP contribution < -0.4 is 0 Å². The number of hydrogen-bond donors (Lipinski definition) is 0. The van der Waals surface area contributed by atoms with Gasteiger partial charge in [-0.2, -0.15) is 0 Å². The molecular formula is C26H28O3. The summed E-state index contributed by atoms with van der Waals surface area (Å²) in [5.74, 6) is 2.42. The Morgan fingerprint density at radius 2 is 1.69 bits per heavy atom. The maximum atomic E-state index is 11.2. The fraction of sp³-hybridized carbons (Fsp3) is 0.423. The van der Waals surface area contributed by atoms with Crippen LogP contribution in [0.1, 0.15) is 62.5 Å². The average molecular weight is 389 g/mol. The SMILES string of the molecule is CCC1CCC(c2ccc(-c3oc4ccccc4c3CC3CC(=O)O3)cc2)CC1. The van der Waals surface area contributed by atoms with Crippen LogP contribution in [0, 0.1) is 5.92 Å². The predicted molar refractivity (Wildman–Crippen MR) is 115 cm³/mol. The van der Waals surface area contributed by atoms with Gasteiger partial charge in [0.2, 0.25) is 0 Å². The molecule has 150 valence electrons. The summed E-state index contributed by atoms with van der Waals surface area (Å²) < 4.78 is 11.5. The molecule has 3 heteroatoms. The molecular weight excluding hydrogens is 360 g/mol. The minimum Gasteiger partial charge on any atom is -0.461 e. The van der Waals surface area contributed by atoms with Gasteiger partial charge in [0.15, 0.2) is 0 Å². The van der Waals surface area contributed by atoms with Crippen LogP contribution in [0.25, 0.3) is 22.3 Å². The lowest BCUT2D eigenvalue weighted by molar-refractivity contribution is -0.169. The first-order valence-electron chi connectivity index (χ1n) is 11.0. The van der Waals surface area contributed by atoms with E-state index in [2.05, 4.69) is 37.3 Å². The van der Waals surface area contributed by atoms with Gasteiger partial charge in [0.25, 0.3) is 0 Å². The average Bonchev–Trinajstić information content (AvgIpc) is 3.11. The number of hydrogen-bond acceptors (Lipinski definition) is 3. The van der Waals surface area contributed by atoms with Crippen molar-refractivity contribution < 1.29 is 13.9 Å². The lowest BCUT2D eigenvalue weighted by Gasteiger charge is -2.28. The largest absolute Gasteiger partial charge is 0.461 e. The normalized spacial score (nSPS) is 24.3. The number of rotatable bonds is 5. The van der Waals surface area contributed by atoms with Crippen molar-refractivity contribution in [1.82, 2.24) is 0 Å². The van der Waals surface area contributed by atoms with E-state index in [1.54, 1.807) is 0 Å². The second-order valence-corrected chi connectivity index (χ2v) is 8.67. The van der Waals surface area contributed by atoms with Gasteiger partial charge in [0, 0.05) is 22.9 Å². The Kier molecular flexibility index (Phi) is 4.91. The Labute approximate surface area is 172 Å². The van der Waals surface area contributed by atoms with Gasteiger partial charge < -0.3 is 9.15 Å². The van der Waals surface area contributed by atoms with Gasteiger partial charge in [-0.25, -0.2) is 0 Å². The number of benzene rings is 2. The van der Waals surface area contributed by atoms with Crippen molar-refractivity contribution in [3.05, 3.63) is 59.7 Å². The second-order valence-electron chi connectivity index (χ2n) is 8.67. The molecule has 0 bridgehead atoms. The van der Waals surface area contributed by atoms with Crippen molar-refractivity contribution in [3.63, 3.8) is 0 Å². The summed E-state index contributed by atoms with van der Waals surface area (Å²) in [4.78, 5) is 11.2. The first-order chi connectivity index (χ1) is 14.2. The number of esters is 1. The maximum Gasteiger partial charge on any atom is 0.309 e. The van der Waals surface area contributed by atoms with E-state index in [4.69, 9.17) is 9.15 Å². The van der Waals surface area contributed by atoms with Crippen LogP contribution in [0.4, 0.5) is 0 Å². The molecule has 2 heterocycles. The van der Waals surface area contributed by atoms with E-state index in [9.17, 15) is 4.79 Å². The van der Waals surface area contributed by atoms with Gasteiger partial charge in [-0.3, -0.25) is 4.79 Å². The van der Waals surface area contributed by atoms with Crippen LogP contribution in [0.5, 0.6) is 0 Å². The van der Waals surface area contributed by atoms with E-state index in [0.717, 1.165) is 33.8 Å². The highest BCUT2D eigenvalue weighted by atomic mass is 16.6. The molecule has 3 aromatic rings. The van der Waals surface area contributed by atoms with Crippen LogP contribution >= 0.6 is 0 Å². The van der Waals surface area contributed by atoms with Crippen molar-refractivity contribution >= 4 is 16.9 Å². The van der Waals surface area contributed by atoms with Gasteiger partial charge in [-0.15, -0.1) is 0 Å². The minimum atomic E-state index is -0.105. The summed E-state index contributed by atoms with van der Waals surface area (Å²) in [6.07, 6.45) is 7.82. The molecule has 2 aliphatic rings. The molecule has 0 radical (unpaired) electrons. The fourth-order valence-corrected chi connectivity index (χ4v) is 5.05. The molecule has 1 aliphatic heterocycles. The van der Waals surface area contributed by atoms with E-state index in [1.165, 1.54) is 37.7 Å². The topological polar surface area (TPSA) is 39.4 Å². The van der Waals surface area contributed by atoms with E-state index >= 15 is 0 Å². The highest BCUT2D eigenvalue weighted by molar-refractivity contribution is 5.88. The monoisotopic (exact) mass is 388 g/mol. The molecule has 2 aromatic carbocycles. The summed E-state index contributed by atoms with van der Waals surface area (Å²) in [5.41, 5.74) is 4.60. The lowest BCUT2D eigenvalue weighted by atomic mass is 9.78. The second kappa shape index (κ2) is 7.70. The van der Waals surface area contributed by atoms with E-state index in [0.29, 0.717) is 18.8 Å². The third kappa shape index (κ3) is 3.59. The molecule has 1 unspecified atom stereocenters. The molecule has 0 amide bonds. The number of furan rings is 1. The van der Waals surface area contributed by atoms with Gasteiger partial charge in [0.1, 0.15) is 17.4 Å². The third-order valence-corrected chi connectivity index (χ3v) is 6.89. The highest BCUT2D eigenvalue weighted by Gasteiger charge is 2.31. The molecule has 1 aliphatic carbocycles. The number of carbonyl (C=O) groups excluding carboxylic acids is 1. The van der Waals surface area contributed by atoms with Gasteiger partial charge >= 0.3 is 5.97 Å². The smallest absolute Gasteiger partial charge is 0.309 e. The number of para-hydroxylation sites is 1. The van der Waals surface area contributed by atoms with Crippen molar-refractivity contribution in [2.75, 3.05) is 0 Å². The van der Waals surface area contributed by atoms with Crippen LogP contribution in [-0.4, -0.2) is 12.1 Å². The zero-order valence-electron chi connectivity index (χ0n) is 17.0. The Bertz CT molecular complexity index is 998. The van der Waals surface area contributed by atoms with Gasteiger partial charge in [-0.1, -0.05) is 55.8 Å². The summed E-state index contributed by atoms with van der Waals surface area (Å²) in [6.45, 7) is 2.31. The minimum absolute atomic E-state index is 0.0321. The summed E-state index contributed by atoms with van der Waals surface area (Å²) in [6, 6.07) is 17.1. The molecule has 3 nitrogen and oxygen atoms in total. The van der Waals surface area contributed by atoms with Crippen molar-refractivity contribution in [2.45, 2.75) is 63.9 Å². The van der Waals surface area contributed by atoms with Crippen molar-refractivity contribution in [2.24, 2.45) is 5.92 Å². The Morgan fingerprint density at radius 3 is 2.38 bits per heavy atom. The number of cyclic esters (lactones) is 1. The molecule has 1 saturated heterocycles. The fourth-order valence-electron chi connectivity index (χ4n) is 5.05. The number of ether oxygens (including phenoxy) is 1. The molecule has 1 aromatic heterocycles. The van der Waals surface area contributed by atoms with Crippen molar-refractivity contribution in [3.8, 4) is 11.3 Å². The Balaban J connectivity index is 1.42.